The van der Waals surface area contributed by atoms with Crippen molar-refractivity contribution in [2.45, 2.75) is 78.0 Å². The molecule has 2 aromatic carbocycles. The summed E-state index contributed by atoms with van der Waals surface area (Å²) in [5, 5.41) is 17.8. The number of hydrogen-bond acceptors (Lipinski definition) is 6. The van der Waals surface area contributed by atoms with Gasteiger partial charge in [-0.1, -0.05) is 26.8 Å². The molecule has 45 heavy (non-hydrogen) atoms. The number of nitrogens with one attached hydrogen (secondary N) is 2. The Morgan fingerprint density at radius 3 is 2.58 bits per heavy atom. The van der Waals surface area contributed by atoms with E-state index < -0.39 is 11.9 Å². The highest BCUT2D eigenvalue weighted by Crippen LogP contribution is 2.61. The second kappa shape index (κ2) is 12.4. The molecule has 3 N–H and O–H groups in total. The smallest absolute Gasteiger partial charge is 0.261 e. The Hall–Kier alpha value is -3.50. The van der Waals surface area contributed by atoms with Crippen molar-refractivity contribution in [3.8, 4) is 5.75 Å². The maximum Gasteiger partial charge on any atom is 0.261 e. The summed E-state index contributed by atoms with van der Waals surface area (Å²) in [6.45, 7) is 13.0. The molecule has 2 heterocycles. The van der Waals surface area contributed by atoms with E-state index in [-0.39, 0.29) is 24.6 Å². The lowest BCUT2D eigenvalue weighted by molar-refractivity contribution is -0.108. The number of aliphatic hydroxyl groups is 1. The summed E-state index contributed by atoms with van der Waals surface area (Å²) in [5.74, 6) is 2.77. The molecular formula is C35H47FN6O3. The molecule has 1 aliphatic heterocycles. The number of nitrogens with zero attached hydrogens (tertiary/aromatic N) is 4. The van der Waals surface area contributed by atoms with Crippen molar-refractivity contribution in [1.82, 2.24) is 19.8 Å². The monoisotopic (exact) mass is 618 g/mol. The lowest BCUT2D eigenvalue weighted by Crippen LogP contribution is -2.59. The number of aromatic nitrogens is 2. The van der Waals surface area contributed by atoms with Gasteiger partial charge in [-0.2, -0.15) is 0 Å². The summed E-state index contributed by atoms with van der Waals surface area (Å²) in [6, 6.07) is 10.4. The Kier molecular flexibility index (Phi) is 8.65. The van der Waals surface area contributed by atoms with Gasteiger partial charge in [0.25, 0.3) is 5.56 Å². The third-order valence-corrected chi connectivity index (χ3v) is 10.8. The number of piperazine rings is 1. The third-order valence-electron chi connectivity index (χ3n) is 10.8. The van der Waals surface area contributed by atoms with E-state index in [2.05, 4.69) is 55.1 Å². The molecule has 10 heteroatoms. The van der Waals surface area contributed by atoms with Crippen LogP contribution in [0.2, 0.25) is 0 Å². The maximum absolute atomic E-state index is 14.7. The van der Waals surface area contributed by atoms with Crippen molar-refractivity contribution < 1.29 is 14.2 Å². The first-order valence-electron chi connectivity index (χ1n) is 16.3. The molecular weight excluding hydrogens is 571 g/mol. The fraction of sp³-hybridized carbons (Fsp3) is 0.571. The van der Waals surface area contributed by atoms with Gasteiger partial charge >= 0.3 is 0 Å². The zero-order chi connectivity index (χ0) is 32.0. The minimum Gasteiger partial charge on any atom is -0.497 e. The minimum atomic E-state index is -0.667. The van der Waals surface area contributed by atoms with Crippen LogP contribution in [0.1, 0.15) is 59.1 Å². The first-order chi connectivity index (χ1) is 21.5. The number of benzene rings is 2. The van der Waals surface area contributed by atoms with E-state index in [1.807, 2.05) is 12.1 Å². The van der Waals surface area contributed by atoms with Crippen molar-refractivity contribution in [2.75, 3.05) is 32.1 Å². The second-order valence-corrected chi connectivity index (χ2v) is 14.2. The predicted octanol–water partition coefficient (Wildman–Crippen LogP) is 4.84. The van der Waals surface area contributed by atoms with Crippen LogP contribution in [0.25, 0.3) is 10.9 Å². The molecule has 1 aromatic heterocycles. The fourth-order valence-corrected chi connectivity index (χ4v) is 8.07. The highest BCUT2D eigenvalue weighted by Gasteiger charge is 2.56. The molecule has 0 amide bonds. The zero-order valence-electron chi connectivity index (χ0n) is 27.3. The van der Waals surface area contributed by atoms with Gasteiger partial charge < -0.3 is 25.4 Å². The first kappa shape index (κ1) is 31.5. The number of hydrogen-bond donors (Lipinski definition) is 3. The van der Waals surface area contributed by atoms with Crippen LogP contribution >= 0.6 is 0 Å². The number of halogens is 1. The standard InChI is InChI=1S/C35H47FN6O3/c1-20-16-41(17-21(2)38-20)34(40-31-13-24-12-29(22(31)3)35(24,4)5)39-25-8-10-28-32(14-25)37-19-42(33(28)44)26(18-43)11-23-7-9-27(45-6)15-30(23)36/h7-10,14-15,19-22,24,26,29,31,38,43H,11-13,16-18H2,1-6H3,(H,39,40)/t20-,21-,22-,24-,26-,29+,31-/m0/s1. The van der Waals surface area contributed by atoms with Gasteiger partial charge in [0, 0.05) is 36.9 Å². The molecule has 7 atom stereocenters. The van der Waals surface area contributed by atoms with Crippen LogP contribution in [-0.4, -0.2) is 70.4 Å². The number of rotatable bonds is 7. The predicted molar refractivity (Wildman–Crippen MR) is 176 cm³/mol. The van der Waals surface area contributed by atoms with Gasteiger partial charge in [-0.3, -0.25) is 9.36 Å². The molecule has 242 valence electrons. The van der Waals surface area contributed by atoms with Crippen LogP contribution in [0.3, 0.4) is 0 Å². The Labute approximate surface area is 264 Å². The normalized spacial score (nSPS) is 28.4. The minimum absolute atomic E-state index is 0.138. The van der Waals surface area contributed by atoms with Crippen molar-refractivity contribution in [1.29, 1.82) is 0 Å². The number of guanidine groups is 1. The molecule has 2 bridgehead atoms. The summed E-state index contributed by atoms with van der Waals surface area (Å²) in [7, 11) is 1.48. The summed E-state index contributed by atoms with van der Waals surface area (Å²) in [4.78, 5) is 25.9. The van der Waals surface area contributed by atoms with E-state index in [4.69, 9.17) is 9.73 Å². The van der Waals surface area contributed by atoms with Crippen molar-refractivity contribution in [2.24, 2.45) is 28.2 Å². The van der Waals surface area contributed by atoms with E-state index in [1.165, 1.54) is 30.5 Å². The number of aliphatic imine (C=N–C) groups is 1. The quantitative estimate of drug-likeness (QED) is 0.257. The molecule has 0 unspecified atom stereocenters. The van der Waals surface area contributed by atoms with Gasteiger partial charge in [0.05, 0.1) is 43.0 Å². The van der Waals surface area contributed by atoms with Crippen LogP contribution in [0.15, 0.2) is 52.5 Å². The average molecular weight is 619 g/mol. The molecule has 3 saturated carbocycles. The fourth-order valence-electron chi connectivity index (χ4n) is 8.07. The van der Waals surface area contributed by atoms with Gasteiger partial charge in [-0.25, -0.2) is 14.4 Å². The molecule has 7 rings (SSSR count). The van der Waals surface area contributed by atoms with Crippen molar-refractivity contribution in [3.63, 3.8) is 0 Å². The van der Waals surface area contributed by atoms with Gasteiger partial charge in [0.1, 0.15) is 11.6 Å². The van der Waals surface area contributed by atoms with Crippen LogP contribution in [0.4, 0.5) is 10.1 Å². The Morgan fingerprint density at radius 2 is 1.93 bits per heavy atom. The molecule has 4 fully saturated rings. The van der Waals surface area contributed by atoms with E-state index in [1.54, 1.807) is 18.2 Å². The Morgan fingerprint density at radius 1 is 1.18 bits per heavy atom. The summed E-state index contributed by atoms with van der Waals surface area (Å²) >= 11 is 0. The Balaban J connectivity index is 1.27. The lowest BCUT2D eigenvalue weighted by atomic mass is 9.45. The zero-order valence-corrected chi connectivity index (χ0v) is 27.3. The number of fused-ring (bicyclic) bond motifs is 3. The van der Waals surface area contributed by atoms with Crippen LogP contribution in [0.5, 0.6) is 5.75 Å². The highest BCUT2D eigenvalue weighted by molar-refractivity contribution is 5.96. The van der Waals surface area contributed by atoms with E-state index in [0.717, 1.165) is 31.2 Å². The highest BCUT2D eigenvalue weighted by atomic mass is 19.1. The number of ether oxygens (including phenoxy) is 1. The summed E-state index contributed by atoms with van der Waals surface area (Å²) in [5.41, 5.74) is 1.86. The topological polar surface area (TPSA) is 104 Å². The maximum atomic E-state index is 14.7. The number of methoxy groups -OCH3 is 1. The van der Waals surface area contributed by atoms with Gasteiger partial charge in [-0.15, -0.1) is 0 Å². The first-order valence-corrected chi connectivity index (χ1v) is 16.3. The molecule has 0 spiro atoms. The molecule has 4 aliphatic rings. The van der Waals surface area contributed by atoms with Gasteiger partial charge in [0.2, 0.25) is 0 Å². The van der Waals surface area contributed by atoms with Crippen LogP contribution in [0, 0.1) is 29.0 Å². The van der Waals surface area contributed by atoms with E-state index in [0.29, 0.717) is 57.5 Å². The molecule has 3 aromatic rings. The SMILES string of the molecule is COc1ccc(C[C@@H](CO)n2cnc3cc(NC(=N[C@H]4C[C@@H]5C[C@H]([C@@H]4C)C5(C)C)N4C[C@H](C)N[C@@H](C)C4)ccc3c2=O)c(F)c1. The van der Waals surface area contributed by atoms with Crippen molar-refractivity contribution >= 4 is 22.5 Å². The largest absolute Gasteiger partial charge is 0.497 e. The Bertz CT molecular complexity index is 1630. The number of anilines is 1. The molecule has 9 nitrogen and oxygen atoms in total. The number of aliphatic hydroxyl groups excluding tert-OH is 1. The van der Waals surface area contributed by atoms with Crippen LogP contribution in [-0.2, 0) is 6.42 Å². The summed E-state index contributed by atoms with van der Waals surface area (Å²) < 4.78 is 21.2. The van der Waals surface area contributed by atoms with Gasteiger partial charge in [-0.05, 0) is 86.1 Å². The second-order valence-electron chi connectivity index (χ2n) is 14.2. The van der Waals surface area contributed by atoms with Crippen molar-refractivity contribution in [3.05, 3.63) is 64.5 Å². The molecule has 3 aliphatic carbocycles. The molecule has 0 radical (unpaired) electrons. The summed E-state index contributed by atoms with van der Waals surface area (Å²) in [6.07, 6.45) is 4.01. The average Bonchev–Trinajstić information content (AvgIpc) is 3.00. The lowest BCUT2D eigenvalue weighted by Gasteiger charge is -2.61. The molecule has 1 saturated heterocycles. The van der Waals surface area contributed by atoms with E-state index >= 15 is 0 Å². The van der Waals surface area contributed by atoms with Crippen LogP contribution < -0.4 is 20.9 Å². The van der Waals surface area contributed by atoms with E-state index in [9.17, 15) is 14.3 Å². The third kappa shape index (κ3) is 6.06. The van der Waals surface area contributed by atoms with Gasteiger partial charge in [0.15, 0.2) is 5.96 Å².